The van der Waals surface area contributed by atoms with Crippen molar-refractivity contribution >= 4 is 8.03 Å². The summed E-state index contributed by atoms with van der Waals surface area (Å²) in [7, 11) is -2.29. The number of para-hydroxylation sites is 1. The summed E-state index contributed by atoms with van der Waals surface area (Å²) in [4.78, 5) is 10.2. The minimum absolute atomic E-state index is 0.0934. The summed E-state index contributed by atoms with van der Waals surface area (Å²) in [5.41, 5.74) is -0.518. The van der Waals surface area contributed by atoms with Gasteiger partial charge in [-0.3, -0.25) is 0 Å². The Kier molecular flexibility index (Phi) is 7.55. The fraction of sp³-hybridized carbons (Fsp3) is 0.412. The fourth-order valence-corrected chi connectivity index (χ4v) is 2.77. The van der Waals surface area contributed by atoms with E-state index in [1.54, 1.807) is 38.1 Å². The zero-order chi connectivity index (χ0) is 18.1. The van der Waals surface area contributed by atoms with Crippen molar-refractivity contribution in [2.75, 3.05) is 20.0 Å². The van der Waals surface area contributed by atoms with E-state index in [0.717, 1.165) is 0 Å². The monoisotopic (exact) mass is 369 g/mol. The van der Waals surface area contributed by atoms with Gasteiger partial charge in [0.1, 0.15) is 12.4 Å². The van der Waals surface area contributed by atoms with Gasteiger partial charge >= 0.3 is 13.9 Å². The van der Waals surface area contributed by atoms with Gasteiger partial charge in [0.05, 0.1) is 12.9 Å². The molecular formula is C17H22O7P+. The van der Waals surface area contributed by atoms with Crippen LogP contribution in [-0.2, 0) is 18.9 Å². The van der Waals surface area contributed by atoms with E-state index in [2.05, 4.69) is 0 Å². The molecule has 0 radical (unpaired) electrons. The van der Waals surface area contributed by atoms with E-state index in [-0.39, 0.29) is 20.0 Å². The van der Waals surface area contributed by atoms with E-state index in [4.69, 9.17) is 23.5 Å². The number of aliphatic hydroxyl groups is 1. The first kappa shape index (κ1) is 19.6. The first-order valence-corrected chi connectivity index (χ1v) is 8.96. The van der Waals surface area contributed by atoms with Gasteiger partial charge in [-0.2, -0.15) is 9.78 Å². The van der Waals surface area contributed by atoms with Gasteiger partial charge in [0.2, 0.25) is 6.79 Å². The molecule has 136 valence electrons. The molecule has 1 heterocycles. The average Bonchev–Trinajstić information content (AvgIpc) is 3.15. The molecule has 0 aliphatic heterocycles. The number of rotatable bonds is 11. The van der Waals surface area contributed by atoms with Gasteiger partial charge in [0, 0.05) is 5.41 Å². The third kappa shape index (κ3) is 6.57. The predicted molar refractivity (Wildman–Crippen MR) is 90.0 cm³/mol. The van der Waals surface area contributed by atoms with Crippen molar-refractivity contribution in [3.05, 3.63) is 54.5 Å². The Morgan fingerprint density at radius 2 is 1.96 bits per heavy atom. The minimum Gasteiger partial charge on any atom is -0.465 e. The van der Waals surface area contributed by atoms with Crippen LogP contribution < -0.4 is 4.74 Å². The molecule has 0 aliphatic carbocycles. The van der Waals surface area contributed by atoms with Crippen molar-refractivity contribution in [1.82, 2.24) is 0 Å². The van der Waals surface area contributed by atoms with Gasteiger partial charge in [0.15, 0.2) is 5.76 Å². The molecule has 7 nitrogen and oxygen atoms in total. The molecule has 1 aromatic carbocycles. The van der Waals surface area contributed by atoms with Crippen LogP contribution in [0.2, 0.25) is 0 Å². The first-order valence-electron chi connectivity index (χ1n) is 7.71. The summed E-state index contributed by atoms with van der Waals surface area (Å²) < 4.78 is 28.3. The molecular weight excluding hydrogens is 347 g/mol. The van der Waals surface area contributed by atoms with Gasteiger partial charge < -0.3 is 14.3 Å². The molecule has 25 heavy (non-hydrogen) atoms. The van der Waals surface area contributed by atoms with Gasteiger partial charge in [-0.1, -0.05) is 32.0 Å². The number of aliphatic hydroxyl groups excluding tert-OH is 1. The van der Waals surface area contributed by atoms with E-state index >= 15 is 0 Å². The van der Waals surface area contributed by atoms with E-state index in [1.807, 2.05) is 18.2 Å². The molecule has 0 spiro atoms. The lowest BCUT2D eigenvalue weighted by Crippen LogP contribution is -2.22. The van der Waals surface area contributed by atoms with Crippen molar-refractivity contribution in [3.63, 3.8) is 0 Å². The predicted octanol–water partition coefficient (Wildman–Crippen LogP) is 4.04. The second-order valence-electron chi connectivity index (χ2n) is 6.04. The maximum absolute atomic E-state index is 12.4. The number of ether oxygens (including phenoxy) is 1. The Balaban J connectivity index is 1.87. The Hall–Kier alpha value is -1.76. The molecule has 2 unspecified atom stereocenters. The van der Waals surface area contributed by atoms with E-state index in [9.17, 15) is 9.67 Å². The summed E-state index contributed by atoms with van der Waals surface area (Å²) in [6, 6.07) is 12.3. The first-order chi connectivity index (χ1) is 12.0. The summed E-state index contributed by atoms with van der Waals surface area (Å²) in [5.74, 6) is -0.118. The molecule has 0 aliphatic rings. The SMILES string of the molecule is CC(C)(CO)CO[P+](=O)C(OOCOc1ccccc1)c1ccco1. The summed E-state index contributed by atoms with van der Waals surface area (Å²) >= 11 is 0. The second-order valence-corrected chi connectivity index (χ2v) is 7.34. The van der Waals surface area contributed by atoms with Gasteiger partial charge in [0.25, 0.3) is 0 Å². The lowest BCUT2D eigenvalue weighted by atomic mass is 9.97. The van der Waals surface area contributed by atoms with Crippen molar-refractivity contribution < 1.29 is 33.1 Å². The second kappa shape index (κ2) is 9.65. The molecule has 2 rings (SSSR count). The smallest absolute Gasteiger partial charge is 0.465 e. The van der Waals surface area contributed by atoms with Crippen LogP contribution in [0.15, 0.2) is 53.1 Å². The highest BCUT2D eigenvalue weighted by molar-refractivity contribution is 7.39. The third-order valence-corrected chi connectivity index (χ3v) is 4.27. The van der Waals surface area contributed by atoms with E-state index < -0.39 is 19.3 Å². The zero-order valence-corrected chi connectivity index (χ0v) is 15.1. The van der Waals surface area contributed by atoms with Crippen LogP contribution >= 0.6 is 8.03 Å². The number of furan rings is 1. The highest BCUT2D eigenvalue weighted by atomic mass is 31.1. The fourth-order valence-electron chi connectivity index (χ4n) is 1.67. The van der Waals surface area contributed by atoms with Crippen LogP contribution in [0, 0.1) is 5.41 Å². The van der Waals surface area contributed by atoms with Crippen LogP contribution in [-0.4, -0.2) is 25.1 Å². The minimum atomic E-state index is -2.29. The molecule has 0 amide bonds. The third-order valence-electron chi connectivity index (χ3n) is 3.16. The standard InChI is InChI=1S/C17H22O7P/c1-17(2,11-18)12-23-25(19)16(15-9-6-10-20-15)24-22-13-21-14-7-4-3-5-8-14/h3-10,16,18H,11-13H2,1-2H3/q+1. The Morgan fingerprint density at radius 1 is 1.20 bits per heavy atom. The van der Waals surface area contributed by atoms with Crippen molar-refractivity contribution in [2.45, 2.75) is 19.7 Å². The van der Waals surface area contributed by atoms with Crippen LogP contribution in [0.25, 0.3) is 0 Å². The normalized spacial score (nSPS) is 13.5. The highest BCUT2D eigenvalue weighted by Crippen LogP contribution is 2.44. The lowest BCUT2D eigenvalue weighted by molar-refractivity contribution is -0.338. The summed E-state index contributed by atoms with van der Waals surface area (Å²) in [6.45, 7) is 3.41. The molecule has 2 atom stereocenters. The highest BCUT2D eigenvalue weighted by Gasteiger charge is 2.41. The Bertz CT molecular complexity index is 628. The quantitative estimate of drug-likeness (QED) is 0.210. The summed E-state index contributed by atoms with van der Waals surface area (Å²) in [6.07, 6.45) is 1.44. The number of hydrogen-bond donors (Lipinski definition) is 1. The molecule has 1 N–H and O–H groups in total. The Morgan fingerprint density at radius 3 is 2.60 bits per heavy atom. The van der Waals surface area contributed by atoms with Crippen LogP contribution in [0.5, 0.6) is 5.75 Å². The van der Waals surface area contributed by atoms with Crippen LogP contribution in [0.3, 0.4) is 0 Å². The topological polar surface area (TPSA) is 87.4 Å². The van der Waals surface area contributed by atoms with Gasteiger partial charge in [-0.05, 0) is 28.8 Å². The Labute approximate surface area is 147 Å². The van der Waals surface area contributed by atoms with Gasteiger partial charge in [-0.25, -0.2) is 0 Å². The van der Waals surface area contributed by atoms with E-state index in [1.165, 1.54) is 6.26 Å². The lowest BCUT2D eigenvalue weighted by Gasteiger charge is -2.17. The number of benzene rings is 1. The molecule has 8 heteroatoms. The largest absolute Gasteiger partial charge is 0.551 e. The molecule has 0 bridgehead atoms. The van der Waals surface area contributed by atoms with Gasteiger partial charge in [-0.15, -0.1) is 4.52 Å². The molecule has 0 saturated carbocycles. The van der Waals surface area contributed by atoms with Crippen molar-refractivity contribution in [3.8, 4) is 5.75 Å². The molecule has 0 fully saturated rings. The average molecular weight is 369 g/mol. The van der Waals surface area contributed by atoms with Crippen LogP contribution in [0.1, 0.15) is 25.5 Å². The van der Waals surface area contributed by atoms with E-state index in [0.29, 0.717) is 11.5 Å². The molecule has 2 aromatic rings. The zero-order valence-electron chi connectivity index (χ0n) is 14.2. The summed E-state index contributed by atoms with van der Waals surface area (Å²) in [5, 5.41) is 9.25. The number of hydrogen-bond acceptors (Lipinski definition) is 7. The van der Waals surface area contributed by atoms with Crippen molar-refractivity contribution in [1.29, 1.82) is 0 Å². The van der Waals surface area contributed by atoms with Crippen LogP contribution in [0.4, 0.5) is 0 Å². The molecule has 0 saturated heterocycles. The maximum atomic E-state index is 12.4. The molecule has 1 aromatic heterocycles. The maximum Gasteiger partial charge on any atom is 0.551 e. The van der Waals surface area contributed by atoms with Crippen molar-refractivity contribution in [2.24, 2.45) is 5.41 Å².